The summed E-state index contributed by atoms with van der Waals surface area (Å²) < 4.78 is 10.6. The van der Waals surface area contributed by atoms with E-state index >= 15 is 0 Å². The quantitative estimate of drug-likeness (QED) is 0.625. The Bertz CT molecular complexity index is 621. The Kier molecular flexibility index (Phi) is 4.41. The number of benzene rings is 1. The zero-order valence-corrected chi connectivity index (χ0v) is 12.0. The van der Waals surface area contributed by atoms with Gasteiger partial charge in [0.1, 0.15) is 11.5 Å². The van der Waals surface area contributed by atoms with E-state index in [1.54, 1.807) is 6.92 Å². The van der Waals surface area contributed by atoms with Gasteiger partial charge < -0.3 is 9.15 Å². The fourth-order valence-corrected chi connectivity index (χ4v) is 2.13. The Labute approximate surface area is 118 Å². The van der Waals surface area contributed by atoms with Gasteiger partial charge >= 0.3 is 5.97 Å². The van der Waals surface area contributed by atoms with Crippen LogP contribution in [0.4, 0.5) is 0 Å². The number of hydrogen-bond acceptors (Lipinski definition) is 3. The molecule has 1 aromatic heterocycles. The van der Waals surface area contributed by atoms with E-state index in [1.807, 2.05) is 50.2 Å². The standard InChI is InChI=1S/C17H18O3/c1-4-19-17(18)11-16(14-8-6-5-7-9-14)15-10-12(2)20-13(15)3/h5-11H,4H2,1-3H3/b16-11-. The van der Waals surface area contributed by atoms with Crippen LogP contribution in [0.2, 0.25) is 0 Å². The van der Waals surface area contributed by atoms with Crippen molar-refractivity contribution in [1.82, 2.24) is 0 Å². The minimum atomic E-state index is -0.343. The third-order valence-electron chi connectivity index (χ3n) is 2.96. The molecule has 0 fully saturated rings. The summed E-state index contributed by atoms with van der Waals surface area (Å²) in [6.45, 7) is 5.94. The molecule has 0 saturated carbocycles. The summed E-state index contributed by atoms with van der Waals surface area (Å²) in [7, 11) is 0. The highest BCUT2D eigenvalue weighted by Crippen LogP contribution is 2.28. The summed E-state index contributed by atoms with van der Waals surface area (Å²) >= 11 is 0. The molecule has 0 aliphatic heterocycles. The second-order valence-electron chi connectivity index (χ2n) is 4.50. The van der Waals surface area contributed by atoms with Crippen molar-refractivity contribution in [1.29, 1.82) is 0 Å². The summed E-state index contributed by atoms with van der Waals surface area (Å²) in [6, 6.07) is 11.7. The van der Waals surface area contributed by atoms with Gasteiger partial charge in [0.25, 0.3) is 0 Å². The second kappa shape index (κ2) is 6.24. The lowest BCUT2D eigenvalue weighted by Gasteiger charge is -2.07. The summed E-state index contributed by atoms with van der Waals surface area (Å²) in [5.74, 6) is 1.27. The molecule has 0 saturated heterocycles. The Morgan fingerprint density at radius 2 is 1.95 bits per heavy atom. The monoisotopic (exact) mass is 270 g/mol. The molecule has 0 N–H and O–H groups in total. The van der Waals surface area contributed by atoms with Crippen molar-refractivity contribution in [2.24, 2.45) is 0 Å². The van der Waals surface area contributed by atoms with Gasteiger partial charge in [-0.1, -0.05) is 30.3 Å². The van der Waals surface area contributed by atoms with Gasteiger partial charge in [0.05, 0.1) is 6.61 Å². The van der Waals surface area contributed by atoms with E-state index in [4.69, 9.17) is 9.15 Å². The minimum Gasteiger partial charge on any atom is -0.466 e. The molecule has 0 unspecified atom stereocenters. The number of carbonyl (C=O) groups is 1. The maximum absolute atomic E-state index is 11.8. The van der Waals surface area contributed by atoms with Crippen LogP contribution in [0.1, 0.15) is 29.6 Å². The van der Waals surface area contributed by atoms with Crippen LogP contribution in [-0.4, -0.2) is 12.6 Å². The molecule has 104 valence electrons. The van der Waals surface area contributed by atoms with Crippen molar-refractivity contribution in [3.05, 3.63) is 65.1 Å². The first kappa shape index (κ1) is 14.1. The van der Waals surface area contributed by atoms with Gasteiger partial charge in [0, 0.05) is 11.6 Å². The van der Waals surface area contributed by atoms with E-state index < -0.39 is 0 Å². The van der Waals surface area contributed by atoms with Crippen LogP contribution in [0, 0.1) is 13.8 Å². The molecule has 0 aliphatic carbocycles. The molecule has 2 aromatic rings. The third-order valence-corrected chi connectivity index (χ3v) is 2.96. The van der Waals surface area contributed by atoms with Gasteiger partial charge in [-0.3, -0.25) is 0 Å². The molecule has 2 rings (SSSR count). The number of furan rings is 1. The topological polar surface area (TPSA) is 39.4 Å². The van der Waals surface area contributed by atoms with Crippen molar-refractivity contribution in [2.45, 2.75) is 20.8 Å². The molecule has 0 aliphatic rings. The maximum Gasteiger partial charge on any atom is 0.331 e. The average molecular weight is 270 g/mol. The molecule has 0 atom stereocenters. The van der Waals surface area contributed by atoms with Crippen LogP contribution in [0.5, 0.6) is 0 Å². The van der Waals surface area contributed by atoms with Gasteiger partial charge in [-0.2, -0.15) is 0 Å². The van der Waals surface area contributed by atoms with Gasteiger partial charge in [0.2, 0.25) is 0 Å². The number of carbonyl (C=O) groups excluding carboxylic acids is 1. The van der Waals surface area contributed by atoms with Crippen LogP contribution in [0.25, 0.3) is 5.57 Å². The predicted molar refractivity (Wildman–Crippen MR) is 78.3 cm³/mol. The third kappa shape index (κ3) is 3.18. The van der Waals surface area contributed by atoms with E-state index in [0.717, 1.165) is 28.2 Å². The first-order chi connectivity index (χ1) is 9.61. The van der Waals surface area contributed by atoms with Crippen molar-refractivity contribution in [3.8, 4) is 0 Å². The van der Waals surface area contributed by atoms with Gasteiger partial charge in [-0.15, -0.1) is 0 Å². The largest absolute Gasteiger partial charge is 0.466 e. The molecular formula is C17H18O3. The second-order valence-corrected chi connectivity index (χ2v) is 4.50. The Morgan fingerprint density at radius 3 is 2.50 bits per heavy atom. The fraction of sp³-hybridized carbons (Fsp3) is 0.235. The molecular weight excluding hydrogens is 252 g/mol. The number of rotatable bonds is 4. The SMILES string of the molecule is CCOC(=O)/C=C(/c1ccccc1)c1cc(C)oc1C. The molecule has 1 heterocycles. The van der Waals surface area contributed by atoms with Gasteiger partial charge in [-0.25, -0.2) is 4.79 Å². The Hall–Kier alpha value is -2.29. The smallest absolute Gasteiger partial charge is 0.331 e. The Balaban J connectivity index is 2.50. The lowest BCUT2D eigenvalue weighted by Crippen LogP contribution is -2.02. The highest BCUT2D eigenvalue weighted by Gasteiger charge is 2.14. The molecule has 0 bridgehead atoms. The Morgan fingerprint density at radius 1 is 1.25 bits per heavy atom. The maximum atomic E-state index is 11.8. The number of aryl methyl sites for hydroxylation is 2. The summed E-state index contributed by atoms with van der Waals surface area (Å²) in [4.78, 5) is 11.8. The molecule has 3 nitrogen and oxygen atoms in total. The molecule has 20 heavy (non-hydrogen) atoms. The van der Waals surface area contributed by atoms with Crippen LogP contribution in [0.15, 0.2) is 46.9 Å². The molecule has 1 aromatic carbocycles. The van der Waals surface area contributed by atoms with Crippen molar-refractivity contribution < 1.29 is 13.9 Å². The molecule has 0 spiro atoms. The zero-order valence-electron chi connectivity index (χ0n) is 12.0. The highest BCUT2D eigenvalue weighted by atomic mass is 16.5. The van der Waals surface area contributed by atoms with Gasteiger partial charge in [0.15, 0.2) is 0 Å². The summed E-state index contributed by atoms with van der Waals surface area (Å²) in [6.07, 6.45) is 1.52. The summed E-state index contributed by atoms with van der Waals surface area (Å²) in [5, 5.41) is 0. The number of esters is 1. The minimum absolute atomic E-state index is 0.343. The van der Waals surface area contributed by atoms with Crippen molar-refractivity contribution >= 4 is 11.5 Å². The predicted octanol–water partition coefficient (Wildman–Crippen LogP) is 3.89. The van der Waals surface area contributed by atoms with Crippen molar-refractivity contribution in [2.75, 3.05) is 6.61 Å². The lowest BCUT2D eigenvalue weighted by atomic mass is 9.98. The van der Waals surface area contributed by atoms with E-state index in [0.29, 0.717) is 6.61 Å². The molecule has 0 amide bonds. The van der Waals surface area contributed by atoms with Crippen LogP contribution < -0.4 is 0 Å². The lowest BCUT2D eigenvalue weighted by molar-refractivity contribution is -0.137. The van der Waals surface area contributed by atoms with E-state index in [9.17, 15) is 4.79 Å². The molecule has 0 radical (unpaired) electrons. The van der Waals surface area contributed by atoms with Crippen molar-refractivity contribution in [3.63, 3.8) is 0 Å². The highest BCUT2D eigenvalue weighted by molar-refractivity contribution is 5.96. The van der Waals surface area contributed by atoms with E-state index in [2.05, 4.69) is 0 Å². The number of hydrogen-bond donors (Lipinski definition) is 0. The van der Waals surface area contributed by atoms with Crippen LogP contribution >= 0.6 is 0 Å². The zero-order chi connectivity index (χ0) is 14.5. The fourth-order valence-electron chi connectivity index (χ4n) is 2.13. The first-order valence-corrected chi connectivity index (χ1v) is 6.63. The van der Waals surface area contributed by atoms with Crippen LogP contribution in [-0.2, 0) is 9.53 Å². The van der Waals surface area contributed by atoms with E-state index in [1.165, 1.54) is 6.08 Å². The first-order valence-electron chi connectivity index (χ1n) is 6.63. The van der Waals surface area contributed by atoms with Crippen LogP contribution in [0.3, 0.4) is 0 Å². The molecule has 3 heteroatoms. The van der Waals surface area contributed by atoms with E-state index in [-0.39, 0.29) is 5.97 Å². The average Bonchev–Trinajstić information content (AvgIpc) is 2.76. The van der Waals surface area contributed by atoms with Gasteiger partial charge in [-0.05, 0) is 38.0 Å². The normalized spacial score (nSPS) is 11.4. The number of ether oxygens (including phenoxy) is 1. The summed E-state index contributed by atoms with van der Waals surface area (Å²) in [5.41, 5.74) is 2.70.